The molecule has 2 unspecified atom stereocenters. The smallest absolute Gasteiger partial charge is 0.303 e. The zero-order chi connectivity index (χ0) is 12.0. The molecule has 1 amide bonds. The van der Waals surface area contributed by atoms with Crippen molar-refractivity contribution in [1.82, 2.24) is 5.32 Å². The van der Waals surface area contributed by atoms with Gasteiger partial charge in [-0.2, -0.15) is 0 Å². The second kappa shape index (κ2) is 6.48. The molecule has 2 atom stereocenters. The Morgan fingerprint density at radius 1 is 1.56 bits per heavy atom. The lowest BCUT2D eigenvalue weighted by Crippen LogP contribution is -2.40. The van der Waals surface area contributed by atoms with Crippen LogP contribution in [0.25, 0.3) is 0 Å². The Morgan fingerprint density at radius 3 is 2.88 bits per heavy atom. The number of hydrogen-bond acceptors (Lipinski definition) is 3. The Hall–Kier alpha value is -1.10. The average Bonchev–Trinajstić information content (AvgIpc) is 2.27. The van der Waals surface area contributed by atoms with Crippen molar-refractivity contribution in [3.8, 4) is 0 Å². The zero-order valence-electron chi connectivity index (χ0n) is 9.57. The van der Waals surface area contributed by atoms with Crippen molar-refractivity contribution in [2.45, 2.75) is 38.6 Å². The normalized spacial score (nSPS) is 22.4. The molecule has 0 bridgehead atoms. The first kappa shape index (κ1) is 13.0. The third kappa shape index (κ3) is 4.61. The van der Waals surface area contributed by atoms with Gasteiger partial charge in [0.05, 0.1) is 12.5 Å². The van der Waals surface area contributed by atoms with Gasteiger partial charge in [-0.3, -0.25) is 9.59 Å². The minimum Gasteiger partial charge on any atom is -0.481 e. The van der Waals surface area contributed by atoms with Gasteiger partial charge < -0.3 is 15.2 Å². The molecule has 92 valence electrons. The van der Waals surface area contributed by atoms with E-state index < -0.39 is 5.97 Å². The van der Waals surface area contributed by atoms with Crippen molar-refractivity contribution in [3.05, 3.63) is 0 Å². The van der Waals surface area contributed by atoms with Crippen LogP contribution in [0.3, 0.4) is 0 Å². The van der Waals surface area contributed by atoms with E-state index in [0.29, 0.717) is 13.0 Å². The fourth-order valence-electron chi connectivity index (χ4n) is 1.72. The van der Waals surface area contributed by atoms with Gasteiger partial charge in [0.15, 0.2) is 0 Å². The van der Waals surface area contributed by atoms with Crippen molar-refractivity contribution < 1.29 is 19.4 Å². The Labute approximate surface area is 95.2 Å². The highest BCUT2D eigenvalue weighted by Crippen LogP contribution is 2.13. The van der Waals surface area contributed by atoms with Crippen molar-refractivity contribution in [1.29, 1.82) is 0 Å². The summed E-state index contributed by atoms with van der Waals surface area (Å²) < 4.78 is 5.23. The molecule has 1 aliphatic heterocycles. The summed E-state index contributed by atoms with van der Waals surface area (Å²) in [4.78, 5) is 22.1. The van der Waals surface area contributed by atoms with Crippen LogP contribution in [0, 0.1) is 5.92 Å². The summed E-state index contributed by atoms with van der Waals surface area (Å²) in [5, 5.41) is 11.3. The molecule has 0 radical (unpaired) electrons. The zero-order valence-corrected chi connectivity index (χ0v) is 9.57. The molecule has 0 aromatic heterocycles. The molecule has 1 saturated heterocycles. The van der Waals surface area contributed by atoms with Gasteiger partial charge in [0.1, 0.15) is 0 Å². The SMILES string of the molecule is CC(CCC(=O)O)NC(=O)C1CCCOC1. The predicted octanol–water partition coefficient (Wildman–Crippen LogP) is 0.782. The maximum Gasteiger partial charge on any atom is 0.303 e. The second-order valence-corrected chi connectivity index (χ2v) is 4.26. The molecule has 0 saturated carbocycles. The molecule has 5 nitrogen and oxygen atoms in total. The van der Waals surface area contributed by atoms with Crippen molar-refractivity contribution in [3.63, 3.8) is 0 Å². The number of nitrogens with one attached hydrogen (secondary N) is 1. The Kier molecular flexibility index (Phi) is 5.25. The summed E-state index contributed by atoms with van der Waals surface area (Å²) in [6.45, 7) is 3.04. The lowest BCUT2D eigenvalue weighted by atomic mass is 10.0. The number of carbonyl (C=O) groups excluding carboxylic acids is 1. The first-order chi connectivity index (χ1) is 7.59. The van der Waals surface area contributed by atoms with Crippen LogP contribution in [0.4, 0.5) is 0 Å². The quantitative estimate of drug-likeness (QED) is 0.730. The highest BCUT2D eigenvalue weighted by atomic mass is 16.5. The highest BCUT2D eigenvalue weighted by molar-refractivity contribution is 5.79. The van der Waals surface area contributed by atoms with Gasteiger partial charge in [-0.05, 0) is 26.2 Å². The largest absolute Gasteiger partial charge is 0.481 e. The van der Waals surface area contributed by atoms with E-state index in [4.69, 9.17) is 9.84 Å². The number of hydrogen-bond donors (Lipinski definition) is 2. The Morgan fingerprint density at radius 2 is 2.31 bits per heavy atom. The summed E-state index contributed by atoms with van der Waals surface area (Å²) in [5.74, 6) is -0.916. The van der Waals surface area contributed by atoms with Gasteiger partial charge in [-0.15, -0.1) is 0 Å². The number of amides is 1. The molecular formula is C11H19NO4. The number of carboxylic acids is 1. The summed E-state index contributed by atoms with van der Waals surface area (Å²) >= 11 is 0. The molecule has 16 heavy (non-hydrogen) atoms. The van der Waals surface area contributed by atoms with Crippen LogP contribution in [0.15, 0.2) is 0 Å². The van der Waals surface area contributed by atoms with Gasteiger partial charge in [0.2, 0.25) is 5.91 Å². The summed E-state index contributed by atoms with van der Waals surface area (Å²) in [6.07, 6.45) is 2.33. The van der Waals surface area contributed by atoms with E-state index in [1.165, 1.54) is 0 Å². The second-order valence-electron chi connectivity index (χ2n) is 4.26. The molecule has 5 heteroatoms. The van der Waals surface area contributed by atoms with Crippen LogP contribution in [0.5, 0.6) is 0 Å². The van der Waals surface area contributed by atoms with E-state index in [9.17, 15) is 9.59 Å². The van der Waals surface area contributed by atoms with E-state index in [0.717, 1.165) is 19.4 Å². The van der Waals surface area contributed by atoms with Gasteiger partial charge in [-0.1, -0.05) is 0 Å². The Balaban J connectivity index is 2.23. The number of aliphatic carboxylic acids is 1. The topological polar surface area (TPSA) is 75.6 Å². The van der Waals surface area contributed by atoms with E-state index in [2.05, 4.69) is 5.32 Å². The number of carbonyl (C=O) groups is 2. The minimum absolute atomic E-state index is 0.0161. The lowest BCUT2D eigenvalue weighted by molar-refractivity contribution is -0.137. The van der Waals surface area contributed by atoms with Crippen molar-refractivity contribution in [2.24, 2.45) is 5.92 Å². The van der Waals surface area contributed by atoms with E-state index in [-0.39, 0.29) is 24.3 Å². The van der Waals surface area contributed by atoms with Crippen molar-refractivity contribution >= 4 is 11.9 Å². The fraction of sp³-hybridized carbons (Fsp3) is 0.818. The van der Waals surface area contributed by atoms with Crippen LogP contribution in [-0.4, -0.2) is 36.2 Å². The molecule has 0 aliphatic carbocycles. The third-order valence-corrected chi connectivity index (χ3v) is 2.71. The molecule has 1 heterocycles. The maximum absolute atomic E-state index is 11.7. The molecule has 1 aliphatic rings. The summed E-state index contributed by atoms with van der Waals surface area (Å²) in [5.41, 5.74) is 0. The van der Waals surface area contributed by atoms with E-state index in [1.807, 2.05) is 6.92 Å². The van der Waals surface area contributed by atoms with Gasteiger partial charge in [0.25, 0.3) is 0 Å². The van der Waals surface area contributed by atoms with Crippen molar-refractivity contribution in [2.75, 3.05) is 13.2 Å². The van der Waals surface area contributed by atoms with E-state index >= 15 is 0 Å². The van der Waals surface area contributed by atoms with Crippen LogP contribution in [-0.2, 0) is 14.3 Å². The molecule has 2 N–H and O–H groups in total. The van der Waals surface area contributed by atoms with Crippen LogP contribution in [0.1, 0.15) is 32.6 Å². The highest BCUT2D eigenvalue weighted by Gasteiger charge is 2.22. The molecule has 0 spiro atoms. The van der Waals surface area contributed by atoms with Crippen LogP contribution >= 0.6 is 0 Å². The van der Waals surface area contributed by atoms with Gasteiger partial charge in [-0.25, -0.2) is 0 Å². The van der Waals surface area contributed by atoms with Gasteiger partial charge >= 0.3 is 5.97 Å². The standard InChI is InChI=1S/C11H19NO4/c1-8(4-5-10(13)14)12-11(15)9-3-2-6-16-7-9/h8-9H,2-7H2,1H3,(H,12,15)(H,13,14). The summed E-state index contributed by atoms with van der Waals surface area (Å²) in [7, 11) is 0. The number of carboxylic acid groups (broad SMARTS) is 1. The molecule has 0 aromatic rings. The summed E-state index contributed by atoms with van der Waals surface area (Å²) in [6, 6.07) is -0.0921. The molecule has 0 aromatic carbocycles. The molecule has 1 rings (SSSR count). The Bertz CT molecular complexity index is 248. The first-order valence-electron chi connectivity index (χ1n) is 5.69. The number of ether oxygens (including phenoxy) is 1. The predicted molar refractivity (Wildman–Crippen MR) is 58.0 cm³/mol. The molecule has 1 fully saturated rings. The lowest BCUT2D eigenvalue weighted by Gasteiger charge is -2.23. The molecular weight excluding hydrogens is 210 g/mol. The number of rotatable bonds is 5. The maximum atomic E-state index is 11.7. The average molecular weight is 229 g/mol. The fourth-order valence-corrected chi connectivity index (χ4v) is 1.72. The minimum atomic E-state index is -0.831. The monoisotopic (exact) mass is 229 g/mol. The van der Waals surface area contributed by atoms with E-state index in [1.54, 1.807) is 0 Å². The third-order valence-electron chi connectivity index (χ3n) is 2.71. The van der Waals surface area contributed by atoms with Gasteiger partial charge in [0, 0.05) is 19.1 Å². The van der Waals surface area contributed by atoms with Crippen LogP contribution in [0.2, 0.25) is 0 Å². The van der Waals surface area contributed by atoms with Crippen LogP contribution < -0.4 is 5.32 Å². The first-order valence-corrected chi connectivity index (χ1v) is 5.69.